The maximum atomic E-state index is 14.8. The highest BCUT2D eigenvalue weighted by molar-refractivity contribution is 5.99. The van der Waals surface area contributed by atoms with Crippen molar-refractivity contribution in [1.29, 1.82) is 0 Å². The van der Waals surface area contributed by atoms with Crippen LogP contribution in [-0.2, 0) is 11.3 Å². The van der Waals surface area contributed by atoms with Gasteiger partial charge in [0.25, 0.3) is 5.91 Å². The maximum Gasteiger partial charge on any atom is 0.257 e. The number of carbonyl (C=O) groups is 2. The van der Waals surface area contributed by atoms with E-state index >= 15 is 0 Å². The molecule has 1 fully saturated rings. The van der Waals surface area contributed by atoms with Gasteiger partial charge in [-0.2, -0.15) is 0 Å². The lowest BCUT2D eigenvalue weighted by atomic mass is 10.1. The van der Waals surface area contributed by atoms with Crippen molar-refractivity contribution in [2.24, 2.45) is 0 Å². The molecule has 2 amide bonds. The van der Waals surface area contributed by atoms with Crippen LogP contribution in [0.1, 0.15) is 29.8 Å². The van der Waals surface area contributed by atoms with E-state index in [0.717, 1.165) is 5.56 Å². The highest BCUT2D eigenvalue weighted by atomic mass is 19.1. The molecule has 0 bridgehead atoms. The summed E-state index contributed by atoms with van der Waals surface area (Å²) in [5, 5.41) is 0. The summed E-state index contributed by atoms with van der Waals surface area (Å²) < 4.78 is 14.8. The number of hydrogen-bond acceptors (Lipinski definition) is 5. The summed E-state index contributed by atoms with van der Waals surface area (Å²) in [4.78, 5) is 39.8. The number of hydrogen-bond donors (Lipinski definition) is 0. The Morgan fingerprint density at radius 1 is 1.00 bits per heavy atom. The van der Waals surface area contributed by atoms with Crippen LogP contribution >= 0.6 is 0 Å². The highest BCUT2D eigenvalue weighted by Gasteiger charge is 2.26. The zero-order valence-corrected chi connectivity index (χ0v) is 19.4. The topological polar surface area (TPSA) is 69.6 Å². The Labute approximate surface area is 198 Å². The lowest BCUT2D eigenvalue weighted by Crippen LogP contribution is -2.48. The molecule has 0 aliphatic carbocycles. The molecule has 0 N–H and O–H groups in total. The van der Waals surface area contributed by atoms with Crippen molar-refractivity contribution < 1.29 is 14.0 Å². The fourth-order valence-corrected chi connectivity index (χ4v) is 4.06. The molecule has 2 heterocycles. The number of amides is 2. The van der Waals surface area contributed by atoms with Crippen LogP contribution in [0, 0.1) is 5.82 Å². The number of carbonyl (C=O) groups excluding carboxylic acids is 2. The van der Waals surface area contributed by atoms with E-state index in [1.165, 1.54) is 12.3 Å². The molecular weight excluding hydrogens is 433 g/mol. The molecule has 1 aliphatic heterocycles. The summed E-state index contributed by atoms with van der Waals surface area (Å²) in [6.07, 6.45) is 1.50. The minimum absolute atomic E-state index is 0.0339. The number of halogens is 1. The third-order valence-electron chi connectivity index (χ3n) is 6.03. The standard InChI is InChI=1S/C26H28FN5O2/c1-3-30(18-20-9-5-4-6-10-20)25(34)22-17-28-26(32-15-13-31(14-16-32)19(2)33)29-24(22)21-11-7-8-12-23(21)27/h4-12,17H,3,13-16,18H2,1-2H3. The Morgan fingerprint density at radius 2 is 1.68 bits per heavy atom. The van der Waals surface area contributed by atoms with Gasteiger partial charge in [-0.25, -0.2) is 14.4 Å². The zero-order valence-electron chi connectivity index (χ0n) is 19.4. The van der Waals surface area contributed by atoms with Crippen molar-refractivity contribution in [3.8, 4) is 11.3 Å². The molecule has 0 atom stereocenters. The second kappa shape index (κ2) is 10.4. The number of aromatic nitrogens is 2. The molecule has 34 heavy (non-hydrogen) atoms. The molecule has 0 unspecified atom stereocenters. The molecule has 3 aromatic rings. The second-order valence-corrected chi connectivity index (χ2v) is 8.21. The van der Waals surface area contributed by atoms with Crippen LogP contribution in [-0.4, -0.2) is 64.3 Å². The molecular formula is C26H28FN5O2. The minimum Gasteiger partial charge on any atom is -0.339 e. The first-order valence-corrected chi connectivity index (χ1v) is 11.4. The van der Waals surface area contributed by atoms with Crippen molar-refractivity contribution in [1.82, 2.24) is 19.8 Å². The summed E-state index contributed by atoms with van der Waals surface area (Å²) in [6, 6.07) is 16.0. The van der Waals surface area contributed by atoms with Crippen molar-refractivity contribution >= 4 is 17.8 Å². The van der Waals surface area contributed by atoms with E-state index in [1.807, 2.05) is 42.2 Å². The van der Waals surface area contributed by atoms with Crippen LogP contribution in [0.15, 0.2) is 60.8 Å². The van der Waals surface area contributed by atoms with E-state index in [1.54, 1.807) is 34.9 Å². The van der Waals surface area contributed by atoms with E-state index in [0.29, 0.717) is 45.2 Å². The Hall–Kier alpha value is -3.81. The maximum absolute atomic E-state index is 14.8. The average Bonchev–Trinajstić information content (AvgIpc) is 2.87. The minimum atomic E-state index is -0.450. The van der Waals surface area contributed by atoms with Gasteiger partial charge in [-0.1, -0.05) is 42.5 Å². The Kier molecular flexibility index (Phi) is 7.15. The van der Waals surface area contributed by atoms with E-state index in [2.05, 4.69) is 9.97 Å². The van der Waals surface area contributed by atoms with Gasteiger partial charge in [0, 0.05) is 58.0 Å². The lowest BCUT2D eigenvalue weighted by Gasteiger charge is -2.34. The average molecular weight is 462 g/mol. The predicted octanol–water partition coefficient (Wildman–Crippen LogP) is 3.61. The molecule has 0 radical (unpaired) electrons. The van der Waals surface area contributed by atoms with Crippen LogP contribution < -0.4 is 4.90 Å². The van der Waals surface area contributed by atoms with Gasteiger partial charge >= 0.3 is 0 Å². The number of benzene rings is 2. The summed E-state index contributed by atoms with van der Waals surface area (Å²) >= 11 is 0. The fraction of sp³-hybridized carbons (Fsp3) is 0.308. The molecule has 1 aromatic heterocycles. The van der Waals surface area contributed by atoms with E-state index in [-0.39, 0.29) is 28.6 Å². The van der Waals surface area contributed by atoms with E-state index in [4.69, 9.17) is 0 Å². The third-order valence-corrected chi connectivity index (χ3v) is 6.03. The van der Waals surface area contributed by atoms with Crippen LogP contribution in [0.3, 0.4) is 0 Å². The van der Waals surface area contributed by atoms with Gasteiger partial charge in [0.1, 0.15) is 5.82 Å². The predicted molar refractivity (Wildman–Crippen MR) is 129 cm³/mol. The summed E-state index contributed by atoms with van der Waals surface area (Å²) in [5.41, 5.74) is 1.79. The summed E-state index contributed by atoms with van der Waals surface area (Å²) in [7, 11) is 0. The first kappa shape index (κ1) is 23.4. The first-order valence-electron chi connectivity index (χ1n) is 11.4. The number of nitrogens with zero attached hydrogens (tertiary/aromatic N) is 5. The van der Waals surface area contributed by atoms with E-state index < -0.39 is 5.82 Å². The van der Waals surface area contributed by atoms with Gasteiger partial charge in [0.05, 0.1) is 11.3 Å². The van der Waals surface area contributed by atoms with Crippen molar-refractivity contribution in [3.63, 3.8) is 0 Å². The lowest BCUT2D eigenvalue weighted by molar-refractivity contribution is -0.129. The zero-order chi connectivity index (χ0) is 24.1. The second-order valence-electron chi connectivity index (χ2n) is 8.21. The van der Waals surface area contributed by atoms with Gasteiger partial charge in [0.15, 0.2) is 0 Å². The largest absolute Gasteiger partial charge is 0.339 e. The van der Waals surface area contributed by atoms with Crippen molar-refractivity contribution in [3.05, 3.63) is 77.7 Å². The SMILES string of the molecule is CCN(Cc1ccccc1)C(=O)c1cnc(N2CCN(C(C)=O)CC2)nc1-c1ccccc1F. The monoisotopic (exact) mass is 461 g/mol. The van der Waals surface area contributed by atoms with Gasteiger partial charge in [-0.05, 0) is 24.6 Å². The molecule has 1 saturated heterocycles. The summed E-state index contributed by atoms with van der Waals surface area (Å²) in [6.45, 7) is 6.65. The molecule has 1 aliphatic rings. The first-order chi connectivity index (χ1) is 16.5. The quantitative estimate of drug-likeness (QED) is 0.561. The van der Waals surface area contributed by atoms with Crippen molar-refractivity contribution in [2.75, 3.05) is 37.6 Å². The van der Waals surface area contributed by atoms with E-state index in [9.17, 15) is 14.0 Å². The van der Waals surface area contributed by atoms with Crippen LogP contribution in [0.2, 0.25) is 0 Å². The number of piperazine rings is 1. The molecule has 176 valence electrons. The summed E-state index contributed by atoms with van der Waals surface area (Å²) in [5.74, 6) is -0.248. The Morgan fingerprint density at radius 3 is 2.32 bits per heavy atom. The van der Waals surface area contributed by atoms with Crippen LogP contribution in [0.5, 0.6) is 0 Å². The van der Waals surface area contributed by atoms with Gasteiger partial charge < -0.3 is 14.7 Å². The molecule has 0 spiro atoms. The Bertz CT molecular complexity index is 1160. The van der Waals surface area contributed by atoms with Gasteiger partial charge in [0.2, 0.25) is 11.9 Å². The van der Waals surface area contributed by atoms with Crippen molar-refractivity contribution in [2.45, 2.75) is 20.4 Å². The number of rotatable bonds is 6. The Balaban J connectivity index is 1.68. The highest BCUT2D eigenvalue weighted by Crippen LogP contribution is 2.28. The fourth-order valence-electron chi connectivity index (χ4n) is 4.06. The molecule has 8 heteroatoms. The molecule has 0 saturated carbocycles. The molecule has 4 rings (SSSR count). The normalized spacial score (nSPS) is 13.6. The molecule has 7 nitrogen and oxygen atoms in total. The van der Waals surface area contributed by atoms with Crippen LogP contribution in [0.4, 0.5) is 10.3 Å². The van der Waals surface area contributed by atoms with Gasteiger partial charge in [-0.3, -0.25) is 9.59 Å². The van der Waals surface area contributed by atoms with Crippen LogP contribution in [0.25, 0.3) is 11.3 Å². The molecule has 2 aromatic carbocycles. The smallest absolute Gasteiger partial charge is 0.257 e. The van der Waals surface area contributed by atoms with Gasteiger partial charge in [-0.15, -0.1) is 0 Å². The number of anilines is 1. The third kappa shape index (κ3) is 5.06.